The van der Waals surface area contributed by atoms with Crippen molar-refractivity contribution in [3.63, 3.8) is 0 Å². The van der Waals surface area contributed by atoms with Crippen LogP contribution in [0.4, 0.5) is 0 Å². The zero-order valence-electron chi connectivity index (χ0n) is 11.5. The number of nitrogens with one attached hydrogen (secondary N) is 1. The molecule has 104 valence electrons. The van der Waals surface area contributed by atoms with E-state index < -0.39 is 0 Å². The van der Waals surface area contributed by atoms with Crippen LogP contribution >= 0.6 is 11.8 Å². The Bertz CT molecular complexity index is 716. The van der Waals surface area contributed by atoms with Gasteiger partial charge in [-0.3, -0.25) is 0 Å². The molecule has 0 amide bonds. The van der Waals surface area contributed by atoms with Gasteiger partial charge in [0.1, 0.15) is 11.5 Å². The predicted octanol–water partition coefficient (Wildman–Crippen LogP) is 5.60. The monoisotopic (exact) mass is 293 g/mol. The van der Waals surface area contributed by atoms with Gasteiger partial charge in [0, 0.05) is 10.6 Å². The Morgan fingerprint density at radius 2 is 1.57 bits per heavy atom. The minimum atomic E-state index is 0.837. The van der Waals surface area contributed by atoms with Crippen LogP contribution in [0.5, 0.6) is 11.5 Å². The highest BCUT2D eigenvalue weighted by Gasteiger charge is 2.01. The second kappa shape index (κ2) is 6.37. The fourth-order valence-corrected chi connectivity index (χ4v) is 2.73. The Morgan fingerprint density at radius 3 is 2.24 bits per heavy atom. The fourth-order valence-electron chi connectivity index (χ4n) is 1.90. The topological polar surface area (TPSA) is 25.0 Å². The molecule has 0 saturated carbocycles. The first kappa shape index (κ1) is 13.6. The van der Waals surface area contributed by atoms with Crippen LogP contribution in [-0.2, 0) is 0 Å². The Labute approximate surface area is 128 Å². The van der Waals surface area contributed by atoms with E-state index in [4.69, 9.17) is 4.74 Å². The first-order chi connectivity index (χ1) is 10.3. The summed E-state index contributed by atoms with van der Waals surface area (Å²) >= 11 is 1.68. The van der Waals surface area contributed by atoms with Crippen LogP contribution in [0.15, 0.2) is 83.2 Å². The highest BCUT2D eigenvalue weighted by atomic mass is 32.2. The van der Waals surface area contributed by atoms with E-state index in [1.807, 2.05) is 48.5 Å². The second-order valence-electron chi connectivity index (χ2n) is 4.47. The van der Waals surface area contributed by atoms with Crippen molar-refractivity contribution in [2.24, 2.45) is 0 Å². The maximum atomic E-state index is 5.77. The summed E-state index contributed by atoms with van der Waals surface area (Å²) in [5, 5.41) is 1.10. The molecule has 3 rings (SSSR count). The second-order valence-corrected chi connectivity index (χ2v) is 5.59. The van der Waals surface area contributed by atoms with Gasteiger partial charge in [-0.2, -0.15) is 0 Å². The number of rotatable bonds is 5. The molecule has 0 aliphatic rings. The van der Waals surface area contributed by atoms with E-state index in [2.05, 4.69) is 29.8 Å². The fraction of sp³-hybridized carbons (Fsp3) is 0. The Balaban J connectivity index is 1.67. The van der Waals surface area contributed by atoms with Crippen molar-refractivity contribution in [1.29, 1.82) is 0 Å². The van der Waals surface area contributed by atoms with Gasteiger partial charge in [0.25, 0.3) is 0 Å². The van der Waals surface area contributed by atoms with Crippen LogP contribution in [0.2, 0.25) is 0 Å². The van der Waals surface area contributed by atoms with Crippen molar-refractivity contribution >= 4 is 17.8 Å². The summed E-state index contributed by atoms with van der Waals surface area (Å²) in [6.45, 7) is 3.75. The van der Waals surface area contributed by atoms with E-state index in [0.29, 0.717) is 0 Å². The van der Waals surface area contributed by atoms with E-state index in [-0.39, 0.29) is 0 Å². The van der Waals surface area contributed by atoms with Gasteiger partial charge in [-0.1, -0.05) is 36.5 Å². The molecule has 0 radical (unpaired) electrons. The zero-order valence-corrected chi connectivity index (χ0v) is 12.3. The number of hydrogen-bond acceptors (Lipinski definition) is 2. The van der Waals surface area contributed by atoms with E-state index in [1.54, 1.807) is 17.8 Å². The van der Waals surface area contributed by atoms with Crippen molar-refractivity contribution in [2.75, 3.05) is 0 Å². The maximum Gasteiger partial charge on any atom is 0.127 e. The molecule has 3 heteroatoms. The molecule has 0 unspecified atom stereocenters. The van der Waals surface area contributed by atoms with Gasteiger partial charge in [0.05, 0.1) is 5.03 Å². The van der Waals surface area contributed by atoms with Crippen LogP contribution < -0.4 is 4.74 Å². The summed E-state index contributed by atoms with van der Waals surface area (Å²) in [4.78, 5) is 4.44. The lowest BCUT2D eigenvalue weighted by atomic mass is 10.3. The minimum absolute atomic E-state index is 0.837. The van der Waals surface area contributed by atoms with E-state index in [9.17, 15) is 0 Å². The lowest BCUT2D eigenvalue weighted by Gasteiger charge is -2.06. The van der Waals surface area contributed by atoms with E-state index in [0.717, 1.165) is 27.1 Å². The predicted molar refractivity (Wildman–Crippen MR) is 88.0 cm³/mol. The molecule has 1 aromatic heterocycles. The lowest BCUT2D eigenvalue weighted by molar-refractivity contribution is 0.482. The average Bonchev–Trinajstić information content (AvgIpc) is 2.98. The molecule has 2 nitrogen and oxygen atoms in total. The number of aromatic amines is 1. The number of aromatic nitrogens is 1. The molecule has 0 fully saturated rings. The van der Waals surface area contributed by atoms with Gasteiger partial charge in [0.15, 0.2) is 0 Å². The Morgan fingerprint density at radius 1 is 0.857 bits per heavy atom. The highest BCUT2D eigenvalue weighted by Crippen LogP contribution is 2.29. The van der Waals surface area contributed by atoms with Crippen molar-refractivity contribution in [3.8, 4) is 11.5 Å². The molecular weight excluding hydrogens is 278 g/mol. The number of ether oxygens (including phenoxy) is 1. The third-order valence-electron chi connectivity index (χ3n) is 2.93. The van der Waals surface area contributed by atoms with Crippen molar-refractivity contribution in [1.82, 2.24) is 4.98 Å². The van der Waals surface area contributed by atoms with Gasteiger partial charge in [0.2, 0.25) is 0 Å². The SMILES string of the molecule is C=Cc1ccc(Sc2ccc(Oc3ccccc3)cc2)[nH]1. The molecule has 0 atom stereocenters. The van der Waals surface area contributed by atoms with Crippen LogP contribution in [0.25, 0.3) is 6.08 Å². The Hall–Kier alpha value is -2.39. The molecule has 1 N–H and O–H groups in total. The van der Waals surface area contributed by atoms with Crippen LogP contribution in [-0.4, -0.2) is 4.98 Å². The molecule has 21 heavy (non-hydrogen) atoms. The third kappa shape index (κ3) is 3.58. The van der Waals surface area contributed by atoms with E-state index >= 15 is 0 Å². The molecule has 0 saturated heterocycles. The quantitative estimate of drug-likeness (QED) is 0.662. The molecular formula is C18H15NOS. The number of para-hydroxylation sites is 1. The third-order valence-corrected chi connectivity index (χ3v) is 3.90. The van der Waals surface area contributed by atoms with Crippen LogP contribution in [0, 0.1) is 0 Å². The van der Waals surface area contributed by atoms with Crippen molar-refractivity contribution in [2.45, 2.75) is 9.92 Å². The molecule has 0 aliphatic carbocycles. The van der Waals surface area contributed by atoms with Crippen LogP contribution in [0.1, 0.15) is 5.69 Å². The molecule has 1 heterocycles. The number of hydrogen-bond donors (Lipinski definition) is 1. The molecule has 0 aliphatic heterocycles. The normalized spacial score (nSPS) is 10.3. The molecule has 0 spiro atoms. The van der Waals surface area contributed by atoms with Crippen molar-refractivity contribution in [3.05, 3.63) is 79.0 Å². The molecule has 2 aromatic carbocycles. The Kier molecular flexibility index (Phi) is 4.12. The van der Waals surface area contributed by atoms with Gasteiger partial charge < -0.3 is 9.72 Å². The van der Waals surface area contributed by atoms with Crippen LogP contribution in [0.3, 0.4) is 0 Å². The molecule has 3 aromatic rings. The summed E-state index contributed by atoms with van der Waals surface area (Å²) in [5.41, 5.74) is 1.03. The van der Waals surface area contributed by atoms with E-state index in [1.165, 1.54) is 0 Å². The average molecular weight is 293 g/mol. The molecule has 0 bridgehead atoms. The van der Waals surface area contributed by atoms with Gasteiger partial charge >= 0.3 is 0 Å². The summed E-state index contributed by atoms with van der Waals surface area (Å²) in [6, 6.07) is 21.9. The maximum absolute atomic E-state index is 5.77. The summed E-state index contributed by atoms with van der Waals surface area (Å²) in [7, 11) is 0. The highest BCUT2D eigenvalue weighted by molar-refractivity contribution is 7.99. The largest absolute Gasteiger partial charge is 0.457 e. The summed E-state index contributed by atoms with van der Waals surface area (Å²) in [5.74, 6) is 1.68. The summed E-state index contributed by atoms with van der Waals surface area (Å²) in [6.07, 6.45) is 1.81. The first-order valence-corrected chi connectivity index (χ1v) is 7.47. The minimum Gasteiger partial charge on any atom is -0.457 e. The number of benzene rings is 2. The lowest BCUT2D eigenvalue weighted by Crippen LogP contribution is -1.83. The smallest absolute Gasteiger partial charge is 0.127 e. The van der Waals surface area contributed by atoms with Gasteiger partial charge in [-0.25, -0.2) is 0 Å². The van der Waals surface area contributed by atoms with Gasteiger partial charge in [-0.15, -0.1) is 0 Å². The standard InChI is InChI=1S/C18H15NOS/c1-2-14-8-13-18(19-14)21-17-11-9-16(10-12-17)20-15-6-4-3-5-7-15/h2-13,19H,1H2. The zero-order chi connectivity index (χ0) is 14.5. The summed E-state index contributed by atoms with van der Waals surface area (Å²) < 4.78 is 5.77. The number of H-pyrrole nitrogens is 1. The first-order valence-electron chi connectivity index (χ1n) is 6.66. The van der Waals surface area contributed by atoms with Gasteiger partial charge in [-0.05, 0) is 54.6 Å². The van der Waals surface area contributed by atoms with Crippen molar-refractivity contribution < 1.29 is 4.74 Å².